The van der Waals surface area contributed by atoms with E-state index in [0.717, 1.165) is 17.1 Å². The van der Waals surface area contributed by atoms with E-state index in [1.807, 2.05) is 37.3 Å². The minimum absolute atomic E-state index is 0.232. The first-order valence-electron chi connectivity index (χ1n) is 7.29. The molecule has 0 radical (unpaired) electrons. The molecule has 0 aliphatic carbocycles. The van der Waals surface area contributed by atoms with Gasteiger partial charge in [0, 0.05) is 18.5 Å². The number of nitrogens with one attached hydrogen (secondary N) is 1. The van der Waals surface area contributed by atoms with Crippen molar-refractivity contribution in [2.75, 3.05) is 38.9 Å². The third kappa shape index (κ3) is 4.87. The Morgan fingerprint density at radius 2 is 2.13 bits per heavy atom. The second-order valence-corrected chi connectivity index (χ2v) is 5.07. The molecular formula is C16H22N2O5. The van der Waals surface area contributed by atoms with Crippen molar-refractivity contribution < 1.29 is 23.8 Å². The molecule has 1 heterocycles. The number of anilines is 1. The Balaban J connectivity index is 1.89. The Morgan fingerprint density at radius 1 is 1.39 bits per heavy atom. The summed E-state index contributed by atoms with van der Waals surface area (Å²) in [5.74, 6) is 0.719. The van der Waals surface area contributed by atoms with E-state index in [4.69, 9.17) is 19.0 Å². The normalized spacial score (nSPS) is 18.0. The fraction of sp³-hybridized carbons (Fsp3) is 0.438. The highest BCUT2D eigenvalue weighted by Crippen LogP contribution is 2.24. The van der Waals surface area contributed by atoms with Gasteiger partial charge in [0.25, 0.3) is 0 Å². The summed E-state index contributed by atoms with van der Waals surface area (Å²) in [4.78, 5) is 18.2. The summed E-state index contributed by atoms with van der Waals surface area (Å²) in [6.07, 6.45) is 1.28. The predicted octanol–water partition coefficient (Wildman–Crippen LogP) is 2.09. The lowest BCUT2D eigenvalue weighted by atomic mass is 10.2. The molecule has 0 aromatic heterocycles. The Kier molecular flexibility index (Phi) is 6.25. The van der Waals surface area contributed by atoms with Gasteiger partial charge in [-0.15, -0.1) is 0 Å². The van der Waals surface area contributed by atoms with Gasteiger partial charge in [-0.25, -0.2) is 4.79 Å². The van der Waals surface area contributed by atoms with Crippen LogP contribution in [-0.2, 0) is 14.3 Å². The van der Waals surface area contributed by atoms with Gasteiger partial charge in [-0.3, -0.25) is 15.2 Å². The molecule has 1 aromatic rings. The highest BCUT2D eigenvalue weighted by Gasteiger charge is 2.32. The minimum atomic E-state index is -0.357. The lowest BCUT2D eigenvalue weighted by Crippen LogP contribution is -2.25. The largest absolute Gasteiger partial charge is 0.489 e. The van der Waals surface area contributed by atoms with Gasteiger partial charge in [-0.2, -0.15) is 0 Å². The van der Waals surface area contributed by atoms with E-state index in [9.17, 15) is 4.79 Å². The molecule has 1 aliphatic heterocycles. The van der Waals surface area contributed by atoms with E-state index in [2.05, 4.69) is 5.48 Å². The first kappa shape index (κ1) is 17.1. The number of hydroxylamine groups is 1. The number of ether oxygens (including phenoxy) is 3. The molecule has 7 heteroatoms. The molecule has 0 saturated carbocycles. The topological polar surface area (TPSA) is 69.3 Å². The number of nitrogens with zero attached hydrogens (tertiary/aromatic N) is 1. The first-order valence-corrected chi connectivity index (χ1v) is 7.29. The van der Waals surface area contributed by atoms with Gasteiger partial charge in [0.2, 0.25) is 0 Å². The molecule has 1 aliphatic rings. The smallest absolute Gasteiger partial charge is 0.414 e. The van der Waals surface area contributed by atoms with Crippen LogP contribution in [0.1, 0.15) is 6.92 Å². The van der Waals surface area contributed by atoms with Gasteiger partial charge in [-0.05, 0) is 37.3 Å². The van der Waals surface area contributed by atoms with Crippen molar-refractivity contribution in [3.8, 4) is 5.75 Å². The Labute approximate surface area is 135 Å². The van der Waals surface area contributed by atoms with Gasteiger partial charge >= 0.3 is 6.09 Å². The predicted molar refractivity (Wildman–Crippen MR) is 85.3 cm³/mol. The molecule has 7 nitrogen and oxygen atoms in total. The van der Waals surface area contributed by atoms with Gasteiger partial charge in [0.1, 0.15) is 18.5 Å². The van der Waals surface area contributed by atoms with Crippen molar-refractivity contribution in [2.45, 2.75) is 13.0 Å². The molecule has 1 fully saturated rings. The fourth-order valence-electron chi connectivity index (χ4n) is 2.19. The van der Waals surface area contributed by atoms with Crippen molar-refractivity contribution >= 4 is 11.8 Å². The van der Waals surface area contributed by atoms with Crippen molar-refractivity contribution in [3.63, 3.8) is 0 Å². The molecular weight excluding hydrogens is 300 g/mol. The summed E-state index contributed by atoms with van der Waals surface area (Å²) in [6.45, 7) is 3.18. The SMILES string of the molecule is COCC1CN(c2ccc(OCC=C(C)NOC)cc2)C(=O)O1. The van der Waals surface area contributed by atoms with Crippen LogP contribution in [0, 0.1) is 0 Å². The van der Waals surface area contributed by atoms with E-state index < -0.39 is 0 Å². The number of rotatable bonds is 8. The molecule has 1 N–H and O–H groups in total. The van der Waals surface area contributed by atoms with Crippen molar-refractivity contribution in [3.05, 3.63) is 36.0 Å². The summed E-state index contributed by atoms with van der Waals surface area (Å²) in [7, 11) is 3.14. The molecule has 0 spiro atoms. The number of amides is 1. The maximum absolute atomic E-state index is 11.8. The van der Waals surface area contributed by atoms with E-state index in [1.165, 1.54) is 0 Å². The summed E-state index contributed by atoms with van der Waals surface area (Å²) >= 11 is 0. The zero-order valence-corrected chi connectivity index (χ0v) is 13.6. The molecule has 1 atom stereocenters. The average Bonchev–Trinajstić information content (AvgIpc) is 2.89. The lowest BCUT2D eigenvalue weighted by Gasteiger charge is -2.13. The second kappa shape index (κ2) is 8.40. The quantitative estimate of drug-likeness (QED) is 0.739. The molecule has 1 aromatic carbocycles. The molecule has 2 rings (SSSR count). The maximum Gasteiger partial charge on any atom is 0.414 e. The lowest BCUT2D eigenvalue weighted by molar-refractivity contribution is 0.0718. The van der Waals surface area contributed by atoms with Crippen molar-refractivity contribution in [1.82, 2.24) is 5.48 Å². The Hall–Kier alpha value is -2.25. The van der Waals surface area contributed by atoms with E-state index in [0.29, 0.717) is 19.8 Å². The minimum Gasteiger partial charge on any atom is -0.489 e. The van der Waals surface area contributed by atoms with Crippen LogP contribution in [0.25, 0.3) is 0 Å². The molecule has 0 bridgehead atoms. The Bertz CT molecular complexity index is 544. The average molecular weight is 322 g/mol. The zero-order valence-electron chi connectivity index (χ0n) is 13.6. The molecule has 1 unspecified atom stereocenters. The van der Waals surface area contributed by atoms with Crippen LogP contribution in [0.3, 0.4) is 0 Å². The second-order valence-electron chi connectivity index (χ2n) is 5.07. The van der Waals surface area contributed by atoms with Crippen LogP contribution >= 0.6 is 0 Å². The van der Waals surface area contributed by atoms with E-state index in [-0.39, 0.29) is 12.2 Å². The molecule has 126 valence electrons. The number of carbonyl (C=O) groups excluding carboxylic acids is 1. The fourth-order valence-corrected chi connectivity index (χ4v) is 2.19. The monoisotopic (exact) mass is 322 g/mol. The van der Waals surface area contributed by atoms with Gasteiger partial charge in [0.15, 0.2) is 0 Å². The van der Waals surface area contributed by atoms with Crippen molar-refractivity contribution in [1.29, 1.82) is 0 Å². The standard InChI is InChI=1S/C16H22N2O5/c1-12(17-21-3)8-9-22-14-6-4-13(5-7-14)18-10-15(11-20-2)23-16(18)19/h4-8,15,17H,9-11H2,1-3H3. The van der Waals surface area contributed by atoms with E-state index >= 15 is 0 Å². The third-order valence-electron chi connectivity index (χ3n) is 3.28. The summed E-state index contributed by atoms with van der Waals surface area (Å²) in [6, 6.07) is 7.30. The number of cyclic esters (lactones) is 1. The maximum atomic E-state index is 11.8. The summed E-state index contributed by atoms with van der Waals surface area (Å²) in [5.41, 5.74) is 4.35. The van der Waals surface area contributed by atoms with E-state index in [1.54, 1.807) is 19.1 Å². The number of benzene rings is 1. The zero-order chi connectivity index (χ0) is 16.7. The van der Waals surface area contributed by atoms with Crippen LogP contribution in [0.2, 0.25) is 0 Å². The van der Waals surface area contributed by atoms with Crippen LogP contribution in [-0.4, -0.2) is 46.2 Å². The number of allylic oxidation sites excluding steroid dienone is 1. The van der Waals surface area contributed by atoms with Crippen LogP contribution in [0.5, 0.6) is 5.75 Å². The summed E-state index contributed by atoms with van der Waals surface area (Å²) < 4.78 is 15.8. The van der Waals surface area contributed by atoms with Crippen LogP contribution in [0.15, 0.2) is 36.0 Å². The van der Waals surface area contributed by atoms with Crippen LogP contribution in [0.4, 0.5) is 10.5 Å². The van der Waals surface area contributed by atoms with Crippen LogP contribution < -0.4 is 15.1 Å². The highest BCUT2D eigenvalue weighted by molar-refractivity contribution is 5.89. The molecule has 1 saturated heterocycles. The highest BCUT2D eigenvalue weighted by atomic mass is 16.6. The van der Waals surface area contributed by atoms with Gasteiger partial charge < -0.3 is 14.2 Å². The molecule has 23 heavy (non-hydrogen) atoms. The number of hydrogen-bond donors (Lipinski definition) is 1. The summed E-state index contributed by atoms with van der Waals surface area (Å²) in [5, 5.41) is 0. The third-order valence-corrected chi connectivity index (χ3v) is 3.28. The number of hydrogen-bond acceptors (Lipinski definition) is 6. The van der Waals surface area contributed by atoms with Gasteiger partial charge in [-0.1, -0.05) is 0 Å². The first-order chi connectivity index (χ1) is 11.1. The van der Waals surface area contributed by atoms with Crippen molar-refractivity contribution in [2.24, 2.45) is 0 Å². The molecule has 1 amide bonds. The number of carbonyl (C=O) groups is 1. The number of methoxy groups -OCH3 is 1. The van der Waals surface area contributed by atoms with Gasteiger partial charge in [0.05, 0.1) is 20.3 Å². The Morgan fingerprint density at radius 3 is 2.78 bits per heavy atom.